The minimum absolute atomic E-state index is 0.174. The second-order valence-electron chi connectivity index (χ2n) is 6.73. The molecule has 3 saturated heterocycles. The molecule has 1 amide bonds. The van der Waals surface area contributed by atoms with E-state index in [-0.39, 0.29) is 11.8 Å². The average molecular weight is 285 g/mol. The number of rotatable bonds is 4. The van der Waals surface area contributed by atoms with Crippen molar-refractivity contribution in [2.75, 3.05) is 30.3 Å². The summed E-state index contributed by atoms with van der Waals surface area (Å²) < 4.78 is 0. The Kier molecular flexibility index (Phi) is 3.34. The van der Waals surface area contributed by atoms with E-state index in [0.29, 0.717) is 6.04 Å². The molecule has 5 rings (SSSR count). The zero-order valence-corrected chi connectivity index (χ0v) is 12.3. The van der Waals surface area contributed by atoms with Crippen LogP contribution in [-0.2, 0) is 4.79 Å². The zero-order valence-electron chi connectivity index (χ0n) is 12.3. The highest BCUT2D eigenvalue weighted by Crippen LogP contribution is 2.31. The van der Waals surface area contributed by atoms with Gasteiger partial charge in [-0.25, -0.2) is 0 Å². The van der Waals surface area contributed by atoms with E-state index in [0.717, 1.165) is 30.1 Å². The van der Waals surface area contributed by atoms with Gasteiger partial charge in [0.25, 0.3) is 0 Å². The van der Waals surface area contributed by atoms with Crippen LogP contribution in [0.4, 0.5) is 11.4 Å². The van der Waals surface area contributed by atoms with Gasteiger partial charge in [-0.05, 0) is 69.0 Å². The molecule has 1 aliphatic carbocycles. The van der Waals surface area contributed by atoms with Gasteiger partial charge in [-0.2, -0.15) is 0 Å². The highest BCUT2D eigenvalue weighted by molar-refractivity contribution is 5.94. The maximum Gasteiger partial charge on any atom is 0.227 e. The van der Waals surface area contributed by atoms with Gasteiger partial charge in [0.1, 0.15) is 0 Å². The van der Waals surface area contributed by atoms with Crippen molar-refractivity contribution in [3.63, 3.8) is 0 Å². The van der Waals surface area contributed by atoms with E-state index in [1.54, 1.807) is 0 Å². The Hall–Kier alpha value is -1.55. The number of carbonyl (C=O) groups excluding carboxylic acids is 1. The molecular weight excluding hydrogens is 262 g/mol. The molecule has 0 spiro atoms. The molecule has 3 aliphatic heterocycles. The first-order valence-electron chi connectivity index (χ1n) is 8.18. The SMILES string of the molecule is O=C(Nc1ccc(N[C@H]2CN3CCC2CC3)cc1)C1CC1. The van der Waals surface area contributed by atoms with Gasteiger partial charge in [0.15, 0.2) is 0 Å². The molecule has 112 valence electrons. The number of nitrogens with one attached hydrogen (secondary N) is 2. The number of amides is 1. The quantitative estimate of drug-likeness (QED) is 0.893. The molecule has 21 heavy (non-hydrogen) atoms. The number of carbonyl (C=O) groups is 1. The van der Waals surface area contributed by atoms with Crippen LogP contribution in [0.5, 0.6) is 0 Å². The van der Waals surface area contributed by atoms with Crippen molar-refractivity contribution >= 4 is 17.3 Å². The van der Waals surface area contributed by atoms with E-state index in [9.17, 15) is 4.79 Å². The average Bonchev–Trinajstić information content (AvgIpc) is 3.35. The first kappa shape index (κ1) is 13.1. The number of piperidine rings is 3. The van der Waals surface area contributed by atoms with Crippen LogP contribution < -0.4 is 10.6 Å². The smallest absolute Gasteiger partial charge is 0.227 e. The third kappa shape index (κ3) is 2.91. The minimum atomic E-state index is 0.174. The summed E-state index contributed by atoms with van der Waals surface area (Å²) in [5.74, 6) is 1.26. The summed E-state index contributed by atoms with van der Waals surface area (Å²) in [7, 11) is 0. The van der Waals surface area contributed by atoms with Gasteiger partial charge in [-0.15, -0.1) is 0 Å². The van der Waals surface area contributed by atoms with E-state index < -0.39 is 0 Å². The highest BCUT2D eigenvalue weighted by Gasteiger charge is 2.34. The van der Waals surface area contributed by atoms with Gasteiger partial charge >= 0.3 is 0 Å². The van der Waals surface area contributed by atoms with Gasteiger partial charge in [-0.1, -0.05) is 0 Å². The van der Waals surface area contributed by atoms with Gasteiger partial charge in [-0.3, -0.25) is 4.79 Å². The minimum Gasteiger partial charge on any atom is -0.381 e. The second kappa shape index (κ2) is 5.34. The molecule has 2 bridgehead atoms. The van der Waals surface area contributed by atoms with Crippen molar-refractivity contribution in [1.82, 2.24) is 4.90 Å². The van der Waals surface area contributed by atoms with Crippen LogP contribution in [-0.4, -0.2) is 36.5 Å². The molecule has 1 aromatic carbocycles. The molecule has 4 heteroatoms. The van der Waals surface area contributed by atoms with Crippen molar-refractivity contribution in [3.8, 4) is 0 Å². The fourth-order valence-corrected chi connectivity index (χ4v) is 3.58. The Morgan fingerprint density at radius 3 is 2.24 bits per heavy atom. The van der Waals surface area contributed by atoms with Crippen LogP contribution in [0, 0.1) is 11.8 Å². The molecule has 0 aromatic heterocycles. The lowest BCUT2D eigenvalue weighted by Crippen LogP contribution is -2.53. The van der Waals surface area contributed by atoms with Gasteiger partial charge in [0.2, 0.25) is 5.91 Å². The van der Waals surface area contributed by atoms with E-state index in [1.165, 1.54) is 32.5 Å². The maximum absolute atomic E-state index is 11.7. The summed E-state index contributed by atoms with van der Waals surface area (Å²) in [6.07, 6.45) is 4.75. The van der Waals surface area contributed by atoms with E-state index in [4.69, 9.17) is 0 Å². The van der Waals surface area contributed by atoms with Crippen LogP contribution in [0.15, 0.2) is 24.3 Å². The predicted octanol–water partition coefficient (Wildman–Crippen LogP) is 2.54. The van der Waals surface area contributed by atoms with E-state index in [2.05, 4.69) is 27.7 Å². The summed E-state index contributed by atoms with van der Waals surface area (Å²) in [4.78, 5) is 14.3. The Bertz CT molecular complexity index is 515. The molecule has 0 unspecified atom stereocenters. The number of anilines is 2. The largest absolute Gasteiger partial charge is 0.381 e. The fourth-order valence-electron chi connectivity index (χ4n) is 3.58. The third-order valence-corrected chi connectivity index (χ3v) is 5.11. The molecule has 0 radical (unpaired) electrons. The Labute approximate surface area is 125 Å². The Balaban J connectivity index is 1.36. The lowest BCUT2D eigenvalue weighted by atomic mass is 9.84. The van der Waals surface area contributed by atoms with Gasteiger partial charge < -0.3 is 15.5 Å². The second-order valence-corrected chi connectivity index (χ2v) is 6.73. The third-order valence-electron chi connectivity index (χ3n) is 5.11. The van der Waals surface area contributed by atoms with E-state index in [1.807, 2.05) is 12.1 Å². The number of benzene rings is 1. The molecular formula is C17H23N3O. The molecule has 1 aromatic rings. The first-order valence-corrected chi connectivity index (χ1v) is 8.18. The summed E-state index contributed by atoms with van der Waals surface area (Å²) in [6.45, 7) is 3.72. The van der Waals surface area contributed by atoms with Crippen molar-refractivity contribution in [1.29, 1.82) is 0 Å². The van der Waals surface area contributed by atoms with Crippen LogP contribution >= 0.6 is 0 Å². The maximum atomic E-state index is 11.7. The summed E-state index contributed by atoms with van der Waals surface area (Å²) >= 11 is 0. The monoisotopic (exact) mass is 285 g/mol. The molecule has 1 saturated carbocycles. The zero-order chi connectivity index (χ0) is 14.2. The Morgan fingerprint density at radius 1 is 1.00 bits per heavy atom. The van der Waals surface area contributed by atoms with Crippen molar-refractivity contribution in [2.24, 2.45) is 11.8 Å². The summed E-state index contributed by atoms with van der Waals surface area (Å²) in [5.41, 5.74) is 2.07. The van der Waals surface area contributed by atoms with Crippen molar-refractivity contribution in [2.45, 2.75) is 31.7 Å². The molecule has 4 fully saturated rings. The first-order chi connectivity index (χ1) is 10.3. The van der Waals surface area contributed by atoms with Crippen LogP contribution in [0.25, 0.3) is 0 Å². The molecule has 4 nitrogen and oxygen atoms in total. The highest BCUT2D eigenvalue weighted by atomic mass is 16.2. The van der Waals surface area contributed by atoms with Crippen LogP contribution in [0.1, 0.15) is 25.7 Å². The van der Waals surface area contributed by atoms with Crippen LogP contribution in [0.3, 0.4) is 0 Å². The standard InChI is InChI=1S/C17H23N3O/c21-17(13-1-2-13)19-15-5-3-14(4-6-15)18-16-11-20-9-7-12(16)8-10-20/h3-6,12-13,16,18H,1-2,7-11H2,(H,19,21)/t16-/m0/s1. The fraction of sp³-hybridized carbons (Fsp3) is 0.588. The van der Waals surface area contributed by atoms with Crippen molar-refractivity contribution in [3.05, 3.63) is 24.3 Å². The molecule has 3 heterocycles. The van der Waals surface area contributed by atoms with Gasteiger partial charge in [0, 0.05) is 29.9 Å². The molecule has 4 aliphatic rings. The van der Waals surface area contributed by atoms with Crippen molar-refractivity contribution < 1.29 is 4.79 Å². The number of fused-ring (bicyclic) bond motifs is 3. The predicted molar refractivity (Wildman–Crippen MR) is 84.4 cm³/mol. The van der Waals surface area contributed by atoms with Crippen LogP contribution in [0.2, 0.25) is 0 Å². The summed E-state index contributed by atoms with van der Waals surface area (Å²) in [5, 5.41) is 6.66. The summed E-state index contributed by atoms with van der Waals surface area (Å²) in [6, 6.07) is 8.76. The lowest BCUT2D eigenvalue weighted by Gasteiger charge is -2.45. The van der Waals surface area contributed by atoms with Gasteiger partial charge in [0.05, 0.1) is 0 Å². The number of hydrogen-bond acceptors (Lipinski definition) is 3. The topological polar surface area (TPSA) is 44.4 Å². The Morgan fingerprint density at radius 2 is 1.67 bits per heavy atom. The molecule has 1 atom stereocenters. The lowest BCUT2D eigenvalue weighted by molar-refractivity contribution is -0.117. The number of hydrogen-bond donors (Lipinski definition) is 2. The normalized spacial score (nSPS) is 31.0. The van der Waals surface area contributed by atoms with E-state index >= 15 is 0 Å². The number of nitrogens with zero attached hydrogens (tertiary/aromatic N) is 1. The molecule has 2 N–H and O–H groups in total.